The van der Waals surface area contributed by atoms with Crippen molar-refractivity contribution >= 4 is 27.5 Å². The van der Waals surface area contributed by atoms with E-state index >= 15 is 0 Å². The molecule has 0 saturated carbocycles. The van der Waals surface area contributed by atoms with E-state index in [-0.39, 0.29) is 17.5 Å². The molecule has 0 aromatic carbocycles. The second kappa shape index (κ2) is 8.44. The van der Waals surface area contributed by atoms with Crippen molar-refractivity contribution in [2.45, 2.75) is 32.2 Å². The third-order valence-corrected chi connectivity index (χ3v) is 4.73. The summed E-state index contributed by atoms with van der Waals surface area (Å²) in [4.78, 5) is 25.8. The molecule has 2 N–H and O–H groups in total. The SMILES string of the molecule is CCCNC(=O)CN1CCC(Nc2cnn(C)c(=O)c2Br)CC1. The second-order valence-electron chi connectivity index (χ2n) is 5.85. The molecule has 1 aliphatic heterocycles. The molecule has 2 heterocycles. The Kier molecular flexibility index (Phi) is 6.59. The number of aromatic nitrogens is 2. The zero-order chi connectivity index (χ0) is 16.8. The van der Waals surface area contributed by atoms with E-state index in [2.05, 4.69) is 36.6 Å². The molecule has 0 unspecified atom stereocenters. The minimum atomic E-state index is -0.153. The van der Waals surface area contributed by atoms with Crippen LogP contribution in [0.15, 0.2) is 15.5 Å². The summed E-state index contributed by atoms with van der Waals surface area (Å²) >= 11 is 3.33. The molecule has 7 nitrogen and oxygen atoms in total. The van der Waals surface area contributed by atoms with Gasteiger partial charge in [-0.25, -0.2) is 4.68 Å². The van der Waals surface area contributed by atoms with Crippen LogP contribution < -0.4 is 16.2 Å². The maximum absolute atomic E-state index is 11.9. The number of carbonyl (C=O) groups excluding carboxylic acids is 1. The number of anilines is 1. The number of piperidine rings is 1. The van der Waals surface area contributed by atoms with E-state index in [1.165, 1.54) is 4.68 Å². The van der Waals surface area contributed by atoms with Crippen LogP contribution in [0, 0.1) is 0 Å². The standard InChI is InChI=1S/C15H24BrN5O2/c1-3-6-17-13(22)10-21-7-4-11(5-8-21)19-12-9-18-20(2)15(23)14(12)16/h9,11,19H,3-8,10H2,1-2H3,(H,17,22). The lowest BCUT2D eigenvalue weighted by molar-refractivity contribution is -0.122. The van der Waals surface area contributed by atoms with Gasteiger partial charge in [-0.15, -0.1) is 0 Å². The number of hydrogen-bond acceptors (Lipinski definition) is 5. The third kappa shape index (κ3) is 5.04. The van der Waals surface area contributed by atoms with Gasteiger partial charge in [0.25, 0.3) is 5.56 Å². The molecule has 23 heavy (non-hydrogen) atoms. The van der Waals surface area contributed by atoms with Crippen LogP contribution in [0.1, 0.15) is 26.2 Å². The van der Waals surface area contributed by atoms with E-state index in [0.717, 1.165) is 44.6 Å². The highest BCUT2D eigenvalue weighted by atomic mass is 79.9. The van der Waals surface area contributed by atoms with E-state index in [1.807, 2.05) is 6.92 Å². The van der Waals surface area contributed by atoms with Crippen molar-refractivity contribution in [2.75, 3.05) is 31.5 Å². The van der Waals surface area contributed by atoms with E-state index in [4.69, 9.17) is 0 Å². The molecule has 1 fully saturated rings. The molecule has 1 aliphatic rings. The summed E-state index contributed by atoms with van der Waals surface area (Å²) in [5.74, 6) is 0.0942. The molecule has 0 spiro atoms. The van der Waals surface area contributed by atoms with Gasteiger partial charge < -0.3 is 10.6 Å². The van der Waals surface area contributed by atoms with Crippen molar-refractivity contribution in [1.29, 1.82) is 0 Å². The maximum atomic E-state index is 11.9. The maximum Gasteiger partial charge on any atom is 0.282 e. The number of aryl methyl sites for hydroxylation is 1. The van der Waals surface area contributed by atoms with Crippen LogP contribution in [0.2, 0.25) is 0 Å². The molecule has 1 aromatic heterocycles. The van der Waals surface area contributed by atoms with Crippen molar-refractivity contribution in [1.82, 2.24) is 20.0 Å². The smallest absolute Gasteiger partial charge is 0.282 e. The first-order valence-electron chi connectivity index (χ1n) is 7.98. The first-order chi connectivity index (χ1) is 11.0. The highest BCUT2D eigenvalue weighted by Gasteiger charge is 2.21. The summed E-state index contributed by atoms with van der Waals surface area (Å²) in [6, 6.07) is 0.287. The average Bonchev–Trinajstić information content (AvgIpc) is 2.55. The molecular weight excluding hydrogens is 362 g/mol. The molecule has 0 aliphatic carbocycles. The number of nitrogens with zero attached hydrogens (tertiary/aromatic N) is 3. The molecule has 2 rings (SSSR count). The lowest BCUT2D eigenvalue weighted by atomic mass is 10.0. The van der Waals surface area contributed by atoms with Crippen molar-refractivity contribution in [3.8, 4) is 0 Å². The molecule has 8 heteroatoms. The van der Waals surface area contributed by atoms with E-state index in [0.29, 0.717) is 11.0 Å². The number of hydrogen-bond donors (Lipinski definition) is 2. The predicted octanol–water partition coefficient (Wildman–Crippen LogP) is 0.945. The average molecular weight is 386 g/mol. The first-order valence-corrected chi connectivity index (χ1v) is 8.78. The first kappa shape index (κ1) is 17.9. The van der Waals surface area contributed by atoms with Crippen molar-refractivity contribution in [3.05, 3.63) is 21.0 Å². The van der Waals surface area contributed by atoms with Gasteiger partial charge in [0, 0.05) is 32.7 Å². The van der Waals surface area contributed by atoms with E-state index in [9.17, 15) is 9.59 Å². The summed E-state index contributed by atoms with van der Waals surface area (Å²) in [7, 11) is 1.62. The quantitative estimate of drug-likeness (QED) is 0.761. The van der Waals surface area contributed by atoms with Gasteiger partial charge in [-0.3, -0.25) is 14.5 Å². The van der Waals surface area contributed by atoms with Gasteiger partial charge in [0.2, 0.25) is 5.91 Å². The van der Waals surface area contributed by atoms with E-state index in [1.54, 1.807) is 13.2 Å². The van der Waals surface area contributed by atoms with Crippen molar-refractivity contribution in [3.63, 3.8) is 0 Å². The van der Waals surface area contributed by atoms with Crippen molar-refractivity contribution in [2.24, 2.45) is 7.05 Å². The lowest BCUT2D eigenvalue weighted by Gasteiger charge is -2.32. The number of amides is 1. The number of carbonyl (C=O) groups is 1. The van der Waals surface area contributed by atoms with Crippen LogP contribution in [-0.2, 0) is 11.8 Å². The summed E-state index contributed by atoms with van der Waals surface area (Å²) < 4.78 is 1.81. The van der Waals surface area contributed by atoms with Crippen LogP contribution in [0.3, 0.4) is 0 Å². The van der Waals surface area contributed by atoms with Crippen LogP contribution in [0.4, 0.5) is 5.69 Å². The fourth-order valence-electron chi connectivity index (χ4n) is 2.59. The fraction of sp³-hybridized carbons (Fsp3) is 0.667. The largest absolute Gasteiger partial charge is 0.380 e. The van der Waals surface area contributed by atoms with Crippen LogP contribution >= 0.6 is 15.9 Å². The highest BCUT2D eigenvalue weighted by molar-refractivity contribution is 9.10. The summed E-state index contributed by atoms with van der Waals surface area (Å²) in [5, 5.41) is 10.3. The van der Waals surface area contributed by atoms with E-state index < -0.39 is 0 Å². The minimum absolute atomic E-state index is 0.0942. The van der Waals surface area contributed by atoms with Gasteiger partial charge in [-0.05, 0) is 35.2 Å². The van der Waals surface area contributed by atoms with Gasteiger partial charge in [0.15, 0.2) is 0 Å². The van der Waals surface area contributed by atoms with Crippen LogP contribution in [0.25, 0.3) is 0 Å². The van der Waals surface area contributed by atoms with Gasteiger partial charge in [-0.1, -0.05) is 6.92 Å². The Balaban J connectivity index is 1.82. The Bertz CT molecular complexity index is 596. The Hall–Kier alpha value is -1.41. The van der Waals surface area contributed by atoms with Gasteiger partial charge >= 0.3 is 0 Å². The fourth-order valence-corrected chi connectivity index (χ4v) is 3.06. The monoisotopic (exact) mass is 385 g/mol. The molecule has 1 saturated heterocycles. The Labute approximate surface area is 144 Å². The normalized spacial score (nSPS) is 16.3. The van der Waals surface area contributed by atoms with Gasteiger partial charge in [-0.2, -0.15) is 5.10 Å². The molecule has 1 amide bonds. The molecular formula is C15H24BrN5O2. The third-order valence-electron chi connectivity index (χ3n) is 3.96. The number of nitrogens with one attached hydrogen (secondary N) is 2. The molecule has 0 radical (unpaired) electrons. The van der Waals surface area contributed by atoms with Crippen LogP contribution in [-0.4, -0.2) is 52.8 Å². The molecule has 128 valence electrons. The topological polar surface area (TPSA) is 79.3 Å². The highest BCUT2D eigenvalue weighted by Crippen LogP contribution is 2.20. The van der Waals surface area contributed by atoms with Crippen molar-refractivity contribution < 1.29 is 4.79 Å². The zero-order valence-electron chi connectivity index (χ0n) is 13.6. The summed E-state index contributed by atoms with van der Waals surface area (Å²) in [6.07, 6.45) is 4.48. The number of likely N-dealkylation sites (tertiary alicyclic amines) is 1. The lowest BCUT2D eigenvalue weighted by Crippen LogP contribution is -2.44. The number of rotatable bonds is 6. The molecule has 1 aromatic rings. The Morgan fingerprint density at radius 3 is 2.78 bits per heavy atom. The molecule has 0 atom stereocenters. The molecule has 0 bridgehead atoms. The Morgan fingerprint density at radius 2 is 2.13 bits per heavy atom. The minimum Gasteiger partial charge on any atom is -0.380 e. The zero-order valence-corrected chi connectivity index (χ0v) is 15.2. The Morgan fingerprint density at radius 1 is 1.43 bits per heavy atom. The number of halogens is 1. The summed E-state index contributed by atoms with van der Waals surface area (Å²) in [5.41, 5.74) is 0.576. The van der Waals surface area contributed by atoms with Gasteiger partial charge in [0.05, 0.1) is 18.4 Å². The summed E-state index contributed by atoms with van der Waals surface area (Å²) in [6.45, 7) is 4.98. The van der Waals surface area contributed by atoms with Gasteiger partial charge in [0.1, 0.15) is 4.47 Å². The van der Waals surface area contributed by atoms with Crippen LogP contribution in [0.5, 0.6) is 0 Å². The predicted molar refractivity (Wildman–Crippen MR) is 93.6 cm³/mol. The second-order valence-corrected chi connectivity index (χ2v) is 6.64.